The van der Waals surface area contributed by atoms with Gasteiger partial charge in [0.05, 0.1) is 0 Å². The monoisotopic (exact) mass is 496 g/mol. The molecule has 1 aliphatic heterocycles. The van der Waals surface area contributed by atoms with Crippen molar-refractivity contribution in [1.82, 2.24) is 15.5 Å². The number of piperidine rings is 1. The minimum absolute atomic E-state index is 0. The Kier molecular flexibility index (Phi) is 8.03. The van der Waals surface area contributed by atoms with Crippen molar-refractivity contribution in [3.8, 4) is 0 Å². The van der Waals surface area contributed by atoms with Gasteiger partial charge >= 0.3 is 0 Å². The molecule has 1 aromatic rings. The maximum atomic E-state index is 4.49. The van der Waals surface area contributed by atoms with E-state index in [-0.39, 0.29) is 24.0 Å². The van der Waals surface area contributed by atoms with Gasteiger partial charge in [0.25, 0.3) is 0 Å². The number of aryl methyl sites for hydroxylation is 1. The summed E-state index contributed by atoms with van der Waals surface area (Å²) in [5, 5.41) is 7.33. The lowest BCUT2D eigenvalue weighted by molar-refractivity contribution is 0.198. The number of aliphatic imine (C=N–C) groups is 1. The maximum Gasteiger partial charge on any atom is 0.191 e. The fraction of sp³-hybridized carbons (Fsp3) is 0.696. The SMILES string of the molecule is CN=C(NCC(C1CC1)C1CC1)NC1CCN(Cc2ccccc2C)CC1.I. The molecule has 0 amide bonds. The van der Waals surface area contributed by atoms with Crippen LogP contribution in [0.4, 0.5) is 0 Å². The molecule has 5 heteroatoms. The summed E-state index contributed by atoms with van der Waals surface area (Å²) in [6, 6.07) is 9.31. The van der Waals surface area contributed by atoms with Crippen molar-refractivity contribution in [3.05, 3.63) is 35.4 Å². The van der Waals surface area contributed by atoms with Gasteiger partial charge in [-0.15, -0.1) is 24.0 Å². The van der Waals surface area contributed by atoms with Gasteiger partial charge < -0.3 is 10.6 Å². The van der Waals surface area contributed by atoms with Crippen LogP contribution < -0.4 is 10.6 Å². The molecule has 4 nitrogen and oxygen atoms in total. The molecule has 0 atom stereocenters. The van der Waals surface area contributed by atoms with Crippen LogP contribution in [0.5, 0.6) is 0 Å². The van der Waals surface area contributed by atoms with E-state index in [0.29, 0.717) is 6.04 Å². The second kappa shape index (κ2) is 10.3. The van der Waals surface area contributed by atoms with Crippen molar-refractivity contribution >= 4 is 29.9 Å². The summed E-state index contributed by atoms with van der Waals surface area (Å²) in [7, 11) is 1.91. The minimum Gasteiger partial charge on any atom is -0.356 e. The van der Waals surface area contributed by atoms with Crippen LogP contribution in [0.1, 0.15) is 49.7 Å². The van der Waals surface area contributed by atoms with Crippen molar-refractivity contribution in [1.29, 1.82) is 0 Å². The van der Waals surface area contributed by atoms with Gasteiger partial charge in [0.1, 0.15) is 0 Å². The number of rotatable bonds is 7. The lowest BCUT2D eigenvalue weighted by Crippen LogP contribution is -2.49. The van der Waals surface area contributed by atoms with Gasteiger partial charge in [-0.2, -0.15) is 0 Å². The zero-order chi connectivity index (χ0) is 18.6. The molecule has 2 saturated carbocycles. The Morgan fingerprint density at radius 2 is 1.71 bits per heavy atom. The van der Waals surface area contributed by atoms with E-state index >= 15 is 0 Å². The maximum absolute atomic E-state index is 4.49. The molecule has 1 saturated heterocycles. The zero-order valence-corrected chi connectivity index (χ0v) is 19.8. The fourth-order valence-corrected chi connectivity index (χ4v) is 4.63. The van der Waals surface area contributed by atoms with Crippen molar-refractivity contribution in [2.24, 2.45) is 22.7 Å². The Balaban J connectivity index is 0.00000225. The Bertz CT molecular complexity index is 634. The van der Waals surface area contributed by atoms with E-state index in [1.54, 1.807) is 0 Å². The van der Waals surface area contributed by atoms with Gasteiger partial charge in [0, 0.05) is 39.3 Å². The van der Waals surface area contributed by atoms with Crippen LogP contribution in [0.15, 0.2) is 29.3 Å². The highest BCUT2D eigenvalue weighted by Gasteiger charge is 2.41. The summed E-state index contributed by atoms with van der Waals surface area (Å²) in [5.74, 6) is 3.89. The molecule has 0 unspecified atom stereocenters. The highest BCUT2D eigenvalue weighted by molar-refractivity contribution is 14.0. The van der Waals surface area contributed by atoms with Crippen LogP contribution in [-0.4, -0.2) is 43.6 Å². The molecule has 28 heavy (non-hydrogen) atoms. The van der Waals surface area contributed by atoms with E-state index in [2.05, 4.69) is 51.7 Å². The van der Waals surface area contributed by atoms with Gasteiger partial charge in [-0.1, -0.05) is 24.3 Å². The molecule has 3 aliphatic rings. The number of benzene rings is 1. The number of hydrogen-bond donors (Lipinski definition) is 2. The third kappa shape index (κ3) is 6.09. The molecule has 1 aromatic carbocycles. The largest absolute Gasteiger partial charge is 0.356 e. The molecule has 0 radical (unpaired) electrons. The van der Waals surface area contributed by atoms with Crippen molar-refractivity contribution in [2.75, 3.05) is 26.7 Å². The molecule has 2 aliphatic carbocycles. The highest BCUT2D eigenvalue weighted by atomic mass is 127. The number of likely N-dealkylation sites (tertiary alicyclic amines) is 1. The number of hydrogen-bond acceptors (Lipinski definition) is 2. The molecule has 0 spiro atoms. The van der Waals surface area contributed by atoms with Crippen LogP contribution >= 0.6 is 24.0 Å². The summed E-state index contributed by atoms with van der Waals surface area (Å²) < 4.78 is 0. The minimum atomic E-state index is 0. The van der Waals surface area contributed by atoms with Crippen LogP contribution in [0.3, 0.4) is 0 Å². The molecule has 4 rings (SSSR count). The lowest BCUT2D eigenvalue weighted by atomic mass is 9.98. The summed E-state index contributed by atoms with van der Waals surface area (Å²) >= 11 is 0. The van der Waals surface area contributed by atoms with E-state index in [0.717, 1.165) is 49.9 Å². The fourth-order valence-electron chi connectivity index (χ4n) is 4.63. The molecule has 0 bridgehead atoms. The van der Waals surface area contributed by atoms with Gasteiger partial charge in [0.2, 0.25) is 0 Å². The Labute approximate surface area is 188 Å². The second-order valence-electron chi connectivity index (χ2n) is 8.91. The number of nitrogens with one attached hydrogen (secondary N) is 2. The third-order valence-electron chi connectivity index (χ3n) is 6.77. The lowest BCUT2D eigenvalue weighted by Gasteiger charge is -2.33. The van der Waals surface area contributed by atoms with Crippen LogP contribution in [0, 0.1) is 24.7 Å². The average molecular weight is 496 g/mol. The number of nitrogens with zero attached hydrogens (tertiary/aromatic N) is 2. The first-order valence-corrected chi connectivity index (χ1v) is 11.0. The average Bonchev–Trinajstić information content (AvgIpc) is 3.58. The quantitative estimate of drug-likeness (QED) is 0.338. The van der Waals surface area contributed by atoms with Crippen LogP contribution in [0.25, 0.3) is 0 Å². The highest BCUT2D eigenvalue weighted by Crippen LogP contribution is 2.48. The first-order chi connectivity index (χ1) is 13.2. The number of halogens is 1. The van der Waals surface area contributed by atoms with E-state index < -0.39 is 0 Å². The Morgan fingerprint density at radius 3 is 2.29 bits per heavy atom. The number of guanidine groups is 1. The molecule has 0 aromatic heterocycles. The van der Waals surface area contributed by atoms with Crippen molar-refractivity contribution in [3.63, 3.8) is 0 Å². The first kappa shape index (κ1) is 21.9. The third-order valence-corrected chi connectivity index (χ3v) is 6.77. The summed E-state index contributed by atoms with van der Waals surface area (Å²) in [5.41, 5.74) is 2.87. The van der Waals surface area contributed by atoms with Gasteiger partial charge in [-0.05, 0) is 74.3 Å². The molecule has 1 heterocycles. The van der Waals surface area contributed by atoms with E-state index in [1.165, 1.54) is 49.7 Å². The molecular weight excluding hydrogens is 459 g/mol. The van der Waals surface area contributed by atoms with Gasteiger partial charge in [0.15, 0.2) is 5.96 Å². The molecule has 156 valence electrons. The smallest absolute Gasteiger partial charge is 0.191 e. The molecule has 2 N–H and O–H groups in total. The van der Waals surface area contributed by atoms with Gasteiger partial charge in [-0.25, -0.2) is 0 Å². The Morgan fingerprint density at radius 1 is 1.07 bits per heavy atom. The summed E-state index contributed by atoms with van der Waals surface area (Å²) in [6.45, 7) is 6.74. The topological polar surface area (TPSA) is 39.7 Å². The van der Waals surface area contributed by atoms with E-state index in [9.17, 15) is 0 Å². The second-order valence-corrected chi connectivity index (χ2v) is 8.91. The van der Waals surface area contributed by atoms with Crippen molar-refractivity contribution in [2.45, 2.75) is 58.0 Å². The first-order valence-electron chi connectivity index (χ1n) is 11.0. The van der Waals surface area contributed by atoms with E-state index in [1.807, 2.05) is 7.05 Å². The molecule has 3 fully saturated rings. The van der Waals surface area contributed by atoms with Crippen LogP contribution in [0.2, 0.25) is 0 Å². The van der Waals surface area contributed by atoms with Crippen LogP contribution in [-0.2, 0) is 6.54 Å². The predicted molar refractivity (Wildman–Crippen MR) is 128 cm³/mol. The standard InChI is InChI=1S/C23H36N4.HI/c1-17-5-3-4-6-20(17)16-27-13-11-21(12-14-27)26-23(24-2)25-15-22(18-7-8-18)19-9-10-19;/h3-6,18-19,21-22H,7-16H2,1-2H3,(H2,24,25,26);1H. The summed E-state index contributed by atoms with van der Waals surface area (Å²) in [6.07, 6.45) is 8.20. The van der Waals surface area contributed by atoms with Crippen molar-refractivity contribution < 1.29 is 0 Å². The zero-order valence-electron chi connectivity index (χ0n) is 17.5. The van der Waals surface area contributed by atoms with E-state index in [4.69, 9.17) is 0 Å². The normalized spacial score (nSPS) is 21.5. The predicted octanol–water partition coefficient (Wildman–Crippen LogP) is 4.18. The summed E-state index contributed by atoms with van der Waals surface area (Å²) in [4.78, 5) is 7.08. The van der Waals surface area contributed by atoms with Gasteiger partial charge in [-0.3, -0.25) is 9.89 Å². The Hall–Kier alpha value is -0.820. The molecular formula is C23H37IN4.